The van der Waals surface area contributed by atoms with Crippen LogP contribution in [0.25, 0.3) is 0 Å². The second kappa shape index (κ2) is 8.28. The predicted molar refractivity (Wildman–Crippen MR) is 85.8 cm³/mol. The molecular weight excluding hydrogens is 264 g/mol. The SMILES string of the molecule is Cc1c(N)cccc1NC(=O)CCCN(C)C(C)CC#N. The van der Waals surface area contributed by atoms with Crippen LogP contribution in [0.5, 0.6) is 0 Å². The summed E-state index contributed by atoms with van der Waals surface area (Å²) in [5.74, 6) is -0.00923. The highest BCUT2D eigenvalue weighted by Gasteiger charge is 2.10. The van der Waals surface area contributed by atoms with Crippen LogP contribution in [0.3, 0.4) is 0 Å². The average Bonchev–Trinajstić information content (AvgIpc) is 2.44. The number of nitriles is 1. The topological polar surface area (TPSA) is 82.2 Å². The molecule has 1 aromatic rings. The third-order valence-electron chi connectivity index (χ3n) is 3.70. The number of hydrogen-bond acceptors (Lipinski definition) is 4. The minimum absolute atomic E-state index is 0.00923. The molecule has 1 amide bonds. The minimum Gasteiger partial charge on any atom is -0.398 e. The van der Waals surface area contributed by atoms with Crippen molar-refractivity contribution in [2.45, 2.75) is 39.2 Å². The van der Waals surface area contributed by atoms with Crippen LogP contribution in [0.15, 0.2) is 18.2 Å². The molecule has 0 spiro atoms. The fourth-order valence-corrected chi connectivity index (χ4v) is 2.00. The molecule has 0 saturated carbocycles. The van der Waals surface area contributed by atoms with Crippen molar-refractivity contribution < 1.29 is 4.79 Å². The molecule has 5 heteroatoms. The van der Waals surface area contributed by atoms with Gasteiger partial charge in [0.15, 0.2) is 0 Å². The Morgan fingerprint density at radius 1 is 1.52 bits per heavy atom. The summed E-state index contributed by atoms with van der Waals surface area (Å²) in [6.07, 6.45) is 1.72. The Morgan fingerprint density at radius 2 is 2.24 bits per heavy atom. The van der Waals surface area contributed by atoms with Crippen LogP contribution in [0.1, 0.15) is 31.7 Å². The van der Waals surface area contributed by atoms with Crippen LogP contribution in [0, 0.1) is 18.3 Å². The molecule has 1 unspecified atom stereocenters. The fourth-order valence-electron chi connectivity index (χ4n) is 2.00. The molecule has 0 aliphatic rings. The smallest absolute Gasteiger partial charge is 0.224 e. The van der Waals surface area contributed by atoms with E-state index in [9.17, 15) is 4.79 Å². The van der Waals surface area contributed by atoms with Crippen LogP contribution < -0.4 is 11.1 Å². The minimum atomic E-state index is -0.00923. The first-order chi connectivity index (χ1) is 9.95. The van der Waals surface area contributed by atoms with Gasteiger partial charge in [-0.1, -0.05) is 6.07 Å². The molecule has 0 aliphatic heterocycles. The summed E-state index contributed by atoms with van der Waals surface area (Å²) in [5, 5.41) is 11.6. The lowest BCUT2D eigenvalue weighted by molar-refractivity contribution is -0.116. The molecule has 1 aromatic carbocycles. The Kier molecular flexibility index (Phi) is 6.70. The van der Waals surface area contributed by atoms with E-state index >= 15 is 0 Å². The highest BCUT2D eigenvalue weighted by molar-refractivity contribution is 5.92. The van der Waals surface area contributed by atoms with E-state index in [2.05, 4.69) is 16.3 Å². The molecule has 0 bridgehead atoms. The first-order valence-electron chi connectivity index (χ1n) is 7.17. The van der Waals surface area contributed by atoms with Crippen LogP contribution in [-0.4, -0.2) is 30.4 Å². The number of nitrogens with two attached hydrogens (primary N) is 1. The zero-order valence-electron chi connectivity index (χ0n) is 13.0. The van der Waals surface area contributed by atoms with Crippen molar-refractivity contribution in [3.8, 4) is 6.07 Å². The van der Waals surface area contributed by atoms with Crippen molar-refractivity contribution in [3.63, 3.8) is 0 Å². The summed E-state index contributed by atoms with van der Waals surface area (Å²) in [4.78, 5) is 14.0. The van der Waals surface area contributed by atoms with Gasteiger partial charge in [-0.25, -0.2) is 0 Å². The summed E-state index contributed by atoms with van der Waals surface area (Å²) >= 11 is 0. The largest absolute Gasteiger partial charge is 0.398 e. The summed E-state index contributed by atoms with van der Waals surface area (Å²) in [5.41, 5.74) is 8.16. The lowest BCUT2D eigenvalue weighted by atomic mass is 10.1. The van der Waals surface area contributed by atoms with Crippen molar-refractivity contribution >= 4 is 17.3 Å². The number of amides is 1. The van der Waals surface area contributed by atoms with E-state index in [4.69, 9.17) is 11.0 Å². The first kappa shape index (κ1) is 17.0. The monoisotopic (exact) mass is 288 g/mol. The van der Waals surface area contributed by atoms with Gasteiger partial charge < -0.3 is 16.0 Å². The number of nitrogens with one attached hydrogen (secondary N) is 1. The number of benzene rings is 1. The summed E-state index contributed by atoms with van der Waals surface area (Å²) in [6, 6.07) is 7.87. The highest BCUT2D eigenvalue weighted by atomic mass is 16.1. The van der Waals surface area contributed by atoms with Gasteiger partial charge in [0.05, 0.1) is 12.5 Å². The maximum absolute atomic E-state index is 11.9. The van der Waals surface area contributed by atoms with Crippen LogP contribution in [0.4, 0.5) is 11.4 Å². The van der Waals surface area contributed by atoms with Gasteiger partial charge in [0.1, 0.15) is 0 Å². The average molecular weight is 288 g/mol. The van der Waals surface area contributed by atoms with Crippen molar-refractivity contribution in [3.05, 3.63) is 23.8 Å². The molecule has 0 heterocycles. The molecule has 5 nitrogen and oxygen atoms in total. The first-order valence-corrected chi connectivity index (χ1v) is 7.17. The number of nitrogens with zero attached hydrogens (tertiary/aromatic N) is 2. The number of anilines is 2. The van der Waals surface area contributed by atoms with Gasteiger partial charge in [-0.3, -0.25) is 4.79 Å². The van der Waals surface area contributed by atoms with Crippen LogP contribution >= 0.6 is 0 Å². The van der Waals surface area contributed by atoms with Gasteiger partial charge in [-0.2, -0.15) is 5.26 Å². The number of nitrogen functional groups attached to an aromatic ring is 1. The molecule has 0 fully saturated rings. The zero-order valence-corrected chi connectivity index (χ0v) is 13.0. The number of carbonyl (C=O) groups excluding carboxylic acids is 1. The molecule has 0 radical (unpaired) electrons. The molecule has 114 valence electrons. The summed E-state index contributed by atoms with van der Waals surface area (Å²) < 4.78 is 0. The third kappa shape index (κ3) is 5.44. The van der Waals surface area contributed by atoms with Gasteiger partial charge in [-0.05, 0) is 51.6 Å². The van der Waals surface area contributed by atoms with Gasteiger partial charge in [-0.15, -0.1) is 0 Å². The lowest BCUT2D eigenvalue weighted by Gasteiger charge is -2.22. The Balaban J connectivity index is 2.38. The molecule has 21 heavy (non-hydrogen) atoms. The maximum Gasteiger partial charge on any atom is 0.224 e. The molecule has 1 rings (SSSR count). The van der Waals surface area contributed by atoms with Crippen LogP contribution in [-0.2, 0) is 4.79 Å². The van der Waals surface area contributed by atoms with Gasteiger partial charge in [0.2, 0.25) is 5.91 Å². The Hall–Kier alpha value is -2.06. The zero-order chi connectivity index (χ0) is 15.8. The normalized spacial score (nSPS) is 12.0. The third-order valence-corrected chi connectivity index (χ3v) is 3.70. The number of carbonyl (C=O) groups is 1. The van der Waals surface area contributed by atoms with E-state index in [0.717, 1.165) is 24.2 Å². The van der Waals surface area contributed by atoms with E-state index in [1.807, 2.05) is 39.1 Å². The van der Waals surface area contributed by atoms with E-state index < -0.39 is 0 Å². The standard InChI is InChI=1S/C16H24N4O/c1-12(9-10-17)20(3)11-5-8-16(21)19-15-7-4-6-14(18)13(15)2/h4,6-7,12H,5,8-9,11,18H2,1-3H3,(H,19,21). The number of hydrogen-bond donors (Lipinski definition) is 2. The predicted octanol–water partition coefficient (Wildman–Crippen LogP) is 2.53. The van der Waals surface area contributed by atoms with Crippen molar-refractivity contribution in [2.24, 2.45) is 0 Å². The second-order valence-corrected chi connectivity index (χ2v) is 5.36. The van der Waals surface area contributed by atoms with E-state index in [0.29, 0.717) is 18.5 Å². The fraction of sp³-hybridized carbons (Fsp3) is 0.500. The van der Waals surface area contributed by atoms with Crippen molar-refractivity contribution in [1.82, 2.24) is 4.90 Å². The quantitative estimate of drug-likeness (QED) is 0.755. The lowest BCUT2D eigenvalue weighted by Crippen LogP contribution is -2.30. The Morgan fingerprint density at radius 3 is 2.90 bits per heavy atom. The highest BCUT2D eigenvalue weighted by Crippen LogP contribution is 2.20. The van der Waals surface area contributed by atoms with Crippen LogP contribution in [0.2, 0.25) is 0 Å². The summed E-state index contributed by atoms with van der Waals surface area (Å²) in [7, 11) is 1.97. The van der Waals surface area contributed by atoms with Gasteiger partial charge in [0.25, 0.3) is 0 Å². The molecule has 0 aromatic heterocycles. The van der Waals surface area contributed by atoms with E-state index in [1.54, 1.807) is 0 Å². The maximum atomic E-state index is 11.9. The summed E-state index contributed by atoms with van der Waals surface area (Å²) in [6.45, 7) is 4.70. The second-order valence-electron chi connectivity index (χ2n) is 5.36. The Bertz CT molecular complexity index is 521. The van der Waals surface area contributed by atoms with Crippen molar-refractivity contribution in [1.29, 1.82) is 5.26 Å². The molecule has 0 saturated heterocycles. The Labute approximate surface area is 126 Å². The molecular formula is C16H24N4O. The number of rotatable bonds is 7. The molecule has 1 atom stereocenters. The van der Waals surface area contributed by atoms with Gasteiger partial charge >= 0.3 is 0 Å². The van der Waals surface area contributed by atoms with E-state index in [1.165, 1.54) is 0 Å². The van der Waals surface area contributed by atoms with E-state index in [-0.39, 0.29) is 11.9 Å². The molecule has 0 aliphatic carbocycles. The van der Waals surface area contributed by atoms with Crippen molar-refractivity contribution in [2.75, 3.05) is 24.6 Å². The molecule has 3 N–H and O–H groups in total. The van der Waals surface area contributed by atoms with Gasteiger partial charge in [0, 0.05) is 23.8 Å².